The molecule has 4 amide bonds. The van der Waals surface area contributed by atoms with Crippen LogP contribution in [0.15, 0.2) is 30.3 Å². The highest BCUT2D eigenvalue weighted by Gasteiger charge is 2.38. The molecule has 5 N–H and O–H groups in total. The van der Waals surface area contributed by atoms with Gasteiger partial charge in [0.25, 0.3) is 0 Å². The molecule has 9 nitrogen and oxygen atoms in total. The molecule has 0 aromatic heterocycles. The Kier molecular flexibility index (Phi) is 9.75. The summed E-state index contributed by atoms with van der Waals surface area (Å²) >= 11 is 0. The SMILES string of the molecule is CC(NC(=O)C(Cc1ccccc1)NC(=O)CNC=O)C(=O)NCC(O)C(F)(F)F. The van der Waals surface area contributed by atoms with Crippen LogP contribution in [0, 0.1) is 0 Å². The van der Waals surface area contributed by atoms with Gasteiger partial charge in [-0.05, 0) is 12.5 Å². The summed E-state index contributed by atoms with van der Waals surface area (Å²) in [4.78, 5) is 46.6. The number of aliphatic hydroxyl groups excluding tert-OH is 1. The lowest BCUT2D eigenvalue weighted by atomic mass is 10.0. The van der Waals surface area contributed by atoms with Gasteiger partial charge in [-0.25, -0.2) is 0 Å². The van der Waals surface area contributed by atoms with E-state index in [0.29, 0.717) is 12.0 Å². The third-order valence-electron chi connectivity index (χ3n) is 3.88. The van der Waals surface area contributed by atoms with Crippen molar-refractivity contribution in [2.24, 2.45) is 0 Å². The Hall–Kier alpha value is -3.15. The molecular formula is C18H23F3N4O5. The van der Waals surface area contributed by atoms with Crippen molar-refractivity contribution in [3.05, 3.63) is 35.9 Å². The summed E-state index contributed by atoms with van der Waals surface area (Å²) in [7, 11) is 0. The molecule has 0 aliphatic heterocycles. The van der Waals surface area contributed by atoms with Crippen LogP contribution in [-0.2, 0) is 25.6 Å². The second-order valence-corrected chi connectivity index (χ2v) is 6.34. The molecule has 12 heteroatoms. The number of hydrogen-bond acceptors (Lipinski definition) is 5. The molecule has 1 aromatic carbocycles. The molecular weight excluding hydrogens is 409 g/mol. The van der Waals surface area contributed by atoms with Crippen LogP contribution in [0.2, 0.25) is 0 Å². The summed E-state index contributed by atoms with van der Waals surface area (Å²) in [6.07, 6.45) is -7.24. The van der Waals surface area contributed by atoms with E-state index < -0.39 is 48.6 Å². The van der Waals surface area contributed by atoms with Gasteiger partial charge in [-0.2, -0.15) is 13.2 Å². The number of hydrogen-bond donors (Lipinski definition) is 5. The first-order valence-corrected chi connectivity index (χ1v) is 8.87. The first-order valence-electron chi connectivity index (χ1n) is 8.87. The zero-order chi connectivity index (χ0) is 22.7. The molecule has 0 saturated carbocycles. The van der Waals surface area contributed by atoms with E-state index in [1.165, 1.54) is 6.92 Å². The molecule has 0 aliphatic rings. The number of alkyl halides is 3. The van der Waals surface area contributed by atoms with E-state index in [2.05, 4.69) is 16.0 Å². The molecule has 3 atom stereocenters. The fraction of sp³-hybridized carbons (Fsp3) is 0.444. The van der Waals surface area contributed by atoms with Crippen molar-refractivity contribution in [3.63, 3.8) is 0 Å². The highest BCUT2D eigenvalue weighted by atomic mass is 19.4. The maximum Gasteiger partial charge on any atom is 0.416 e. The van der Waals surface area contributed by atoms with E-state index in [-0.39, 0.29) is 13.0 Å². The van der Waals surface area contributed by atoms with Gasteiger partial charge in [0, 0.05) is 6.42 Å². The van der Waals surface area contributed by atoms with Gasteiger partial charge in [0.1, 0.15) is 12.1 Å². The molecule has 0 fully saturated rings. The standard InChI is InChI=1S/C18H23F3N4O5/c1-11(16(29)23-8-14(27)18(19,20)21)24-17(30)13(25-15(28)9-22-10-26)7-12-5-3-2-4-6-12/h2-6,10-11,13-14,27H,7-9H2,1H3,(H,22,26)(H,23,29)(H,24,30)(H,25,28). The minimum atomic E-state index is -4.89. The number of aliphatic hydroxyl groups is 1. The molecule has 0 spiro atoms. The van der Waals surface area contributed by atoms with Crippen molar-refractivity contribution < 1.29 is 37.5 Å². The third kappa shape index (κ3) is 8.90. The zero-order valence-electron chi connectivity index (χ0n) is 16.0. The van der Waals surface area contributed by atoms with Crippen molar-refractivity contribution in [3.8, 4) is 0 Å². The quantitative estimate of drug-likeness (QED) is 0.286. The Morgan fingerprint density at radius 3 is 2.30 bits per heavy atom. The monoisotopic (exact) mass is 432 g/mol. The number of carbonyl (C=O) groups is 4. The van der Waals surface area contributed by atoms with Crippen LogP contribution in [0.3, 0.4) is 0 Å². The van der Waals surface area contributed by atoms with E-state index in [4.69, 9.17) is 5.11 Å². The molecule has 0 saturated heterocycles. The average molecular weight is 432 g/mol. The van der Waals surface area contributed by atoms with Crippen LogP contribution >= 0.6 is 0 Å². The molecule has 166 valence electrons. The van der Waals surface area contributed by atoms with Crippen molar-refractivity contribution in [2.75, 3.05) is 13.1 Å². The van der Waals surface area contributed by atoms with E-state index in [1.807, 2.05) is 5.32 Å². The Balaban J connectivity index is 2.73. The van der Waals surface area contributed by atoms with Gasteiger partial charge in [0.2, 0.25) is 24.1 Å². The van der Waals surface area contributed by atoms with Crippen molar-refractivity contribution in [1.29, 1.82) is 0 Å². The predicted octanol–water partition coefficient (Wildman–Crippen LogP) is -0.996. The smallest absolute Gasteiger partial charge is 0.382 e. The van der Waals surface area contributed by atoms with Gasteiger partial charge in [-0.1, -0.05) is 30.3 Å². The third-order valence-corrected chi connectivity index (χ3v) is 3.88. The van der Waals surface area contributed by atoms with E-state index in [9.17, 15) is 32.3 Å². The topological polar surface area (TPSA) is 137 Å². The molecule has 1 rings (SSSR count). The van der Waals surface area contributed by atoms with Crippen LogP contribution in [0.4, 0.5) is 13.2 Å². The van der Waals surface area contributed by atoms with E-state index in [0.717, 1.165) is 0 Å². The van der Waals surface area contributed by atoms with Gasteiger partial charge in [0.05, 0.1) is 13.1 Å². The Labute approximate surface area is 170 Å². The molecule has 0 heterocycles. The Bertz CT molecular complexity index is 730. The minimum Gasteiger partial charge on any atom is -0.382 e. The van der Waals surface area contributed by atoms with Crippen LogP contribution in [-0.4, -0.2) is 66.7 Å². The normalized spacial score (nSPS) is 14.0. The summed E-state index contributed by atoms with van der Waals surface area (Å²) in [6.45, 7) is -0.194. The van der Waals surface area contributed by atoms with Crippen molar-refractivity contribution >= 4 is 24.1 Å². The highest BCUT2D eigenvalue weighted by molar-refractivity contribution is 5.92. The number of nitrogens with one attached hydrogen (secondary N) is 4. The fourth-order valence-electron chi connectivity index (χ4n) is 2.28. The first kappa shape index (κ1) is 24.9. The Morgan fingerprint density at radius 2 is 1.73 bits per heavy atom. The molecule has 3 unspecified atom stereocenters. The first-order chi connectivity index (χ1) is 14.0. The minimum absolute atomic E-state index is 0.0701. The van der Waals surface area contributed by atoms with E-state index in [1.54, 1.807) is 30.3 Å². The van der Waals surface area contributed by atoms with Gasteiger partial charge in [0.15, 0.2) is 6.10 Å². The number of halogens is 3. The molecule has 0 bridgehead atoms. The largest absolute Gasteiger partial charge is 0.416 e. The molecule has 1 aromatic rings. The summed E-state index contributed by atoms with van der Waals surface area (Å²) in [5.41, 5.74) is 0.701. The van der Waals surface area contributed by atoms with Crippen LogP contribution in [0.25, 0.3) is 0 Å². The molecule has 0 radical (unpaired) electrons. The molecule has 0 aliphatic carbocycles. The van der Waals surface area contributed by atoms with Crippen LogP contribution in [0.5, 0.6) is 0 Å². The number of rotatable bonds is 11. The summed E-state index contributed by atoms with van der Waals surface area (Å²) in [6, 6.07) is 6.29. The van der Waals surface area contributed by atoms with Crippen molar-refractivity contribution in [1.82, 2.24) is 21.3 Å². The summed E-state index contributed by atoms with van der Waals surface area (Å²) in [5, 5.41) is 17.7. The highest BCUT2D eigenvalue weighted by Crippen LogP contribution is 2.19. The lowest BCUT2D eigenvalue weighted by molar-refractivity contribution is -0.201. The predicted molar refractivity (Wildman–Crippen MR) is 98.8 cm³/mol. The number of carbonyl (C=O) groups excluding carboxylic acids is 4. The van der Waals surface area contributed by atoms with Crippen molar-refractivity contribution in [2.45, 2.75) is 37.7 Å². The Morgan fingerprint density at radius 1 is 1.10 bits per heavy atom. The second-order valence-electron chi connectivity index (χ2n) is 6.34. The van der Waals surface area contributed by atoms with Crippen LogP contribution < -0.4 is 21.3 Å². The van der Waals surface area contributed by atoms with E-state index >= 15 is 0 Å². The van der Waals surface area contributed by atoms with Gasteiger partial charge < -0.3 is 26.4 Å². The maximum atomic E-state index is 12.5. The summed E-state index contributed by atoms with van der Waals surface area (Å²) in [5.74, 6) is -2.35. The maximum absolute atomic E-state index is 12.5. The number of benzene rings is 1. The zero-order valence-corrected chi connectivity index (χ0v) is 16.0. The van der Waals surface area contributed by atoms with Crippen LogP contribution in [0.1, 0.15) is 12.5 Å². The van der Waals surface area contributed by atoms with Gasteiger partial charge in [-0.3, -0.25) is 19.2 Å². The average Bonchev–Trinajstić information content (AvgIpc) is 2.69. The fourth-order valence-corrected chi connectivity index (χ4v) is 2.28. The van der Waals surface area contributed by atoms with Gasteiger partial charge >= 0.3 is 6.18 Å². The second kappa shape index (κ2) is 11.8. The lowest BCUT2D eigenvalue weighted by Crippen LogP contribution is -2.55. The van der Waals surface area contributed by atoms with Gasteiger partial charge in [-0.15, -0.1) is 0 Å². The number of amides is 4. The summed E-state index contributed by atoms with van der Waals surface area (Å²) < 4.78 is 36.9. The molecule has 30 heavy (non-hydrogen) atoms. The lowest BCUT2D eigenvalue weighted by Gasteiger charge is -2.22.